The van der Waals surface area contributed by atoms with Crippen LogP contribution in [0.5, 0.6) is 0 Å². The molecule has 26 heavy (non-hydrogen) atoms. The Hall–Kier alpha value is -1.55. The molecule has 2 aliphatic heterocycles. The SMILES string of the molecule is [CH2+]C(=O)C1C2=C(CCCCCC/C=C\C1C)N1CC(CNC)CC1C2=O. The molecule has 2 heterocycles. The lowest BCUT2D eigenvalue weighted by molar-refractivity contribution is -0.122. The molecule has 0 spiro atoms. The molecule has 1 aliphatic carbocycles. The van der Waals surface area contributed by atoms with Gasteiger partial charge in [0.2, 0.25) is 0 Å². The summed E-state index contributed by atoms with van der Waals surface area (Å²) >= 11 is 0. The number of rotatable bonds is 3. The molecule has 4 unspecified atom stereocenters. The first kappa shape index (κ1) is 19.2. The minimum Gasteiger partial charge on any atom is -0.364 e. The van der Waals surface area contributed by atoms with Crippen molar-refractivity contribution in [3.8, 4) is 0 Å². The number of nitrogens with zero attached hydrogens (tertiary/aromatic N) is 1. The standard InChI is InChI=1S/C22H33N2O2/c1-15-10-8-6-4-5-7-9-11-18-21(20(15)16(2)25)22(26)19-12-17(13-23-3)14-24(18)19/h8,10,15,17,19-20,23H,2,4-7,9,11-14H2,1,3H3/q+1/b10-8-. The monoisotopic (exact) mass is 357 g/mol. The minimum atomic E-state index is -0.387. The summed E-state index contributed by atoms with van der Waals surface area (Å²) in [5, 5.41) is 3.25. The smallest absolute Gasteiger partial charge is 0.311 e. The Morgan fingerprint density at radius 2 is 2.08 bits per heavy atom. The second-order valence-corrected chi connectivity index (χ2v) is 8.24. The molecule has 0 radical (unpaired) electrons. The van der Waals surface area contributed by atoms with Gasteiger partial charge in [0.1, 0.15) is 6.92 Å². The molecule has 0 saturated carbocycles. The van der Waals surface area contributed by atoms with E-state index in [4.69, 9.17) is 0 Å². The first-order chi connectivity index (χ1) is 12.5. The Bertz CT molecular complexity index is 607. The van der Waals surface area contributed by atoms with Gasteiger partial charge in [-0.15, -0.1) is 0 Å². The van der Waals surface area contributed by atoms with E-state index in [-0.39, 0.29) is 29.4 Å². The largest absolute Gasteiger partial charge is 0.364 e. The maximum atomic E-state index is 13.3. The molecule has 0 aromatic rings. The predicted octanol–water partition coefficient (Wildman–Crippen LogP) is 3.30. The van der Waals surface area contributed by atoms with Crippen LogP contribution in [0.4, 0.5) is 0 Å². The molecule has 1 saturated heterocycles. The van der Waals surface area contributed by atoms with Crippen LogP contribution in [0.3, 0.4) is 0 Å². The van der Waals surface area contributed by atoms with Gasteiger partial charge in [-0.1, -0.05) is 31.9 Å². The number of ketones is 2. The van der Waals surface area contributed by atoms with Gasteiger partial charge in [0.05, 0.1) is 12.0 Å². The topological polar surface area (TPSA) is 49.4 Å². The normalized spacial score (nSPS) is 34.1. The van der Waals surface area contributed by atoms with Gasteiger partial charge in [-0.25, -0.2) is 4.79 Å². The zero-order valence-corrected chi connectivity index (χ0v) is 16.3. The van der Waals surface area contributed by atoms with E-state index in [1.54, 1.807) is 0 Å². The minimum absolute atomic E-state index is 0.0292. The summed E-state index contributed by atoms with van der Waals surface area (Å²) in [6.07, 6.45) is 11.9. The second kappa shape index (κ2) is 8.43. The van der Waals surface area contributed by atoms with Crippen LogP contribution in [0.25, 0.3) is 0 Å². The van der Waals surface area contributed by atoms with E-state index in [1.165, 1.54) is 19.3 Å². The van der Waals surface area contributed by atoms with Crippen molar-refractivity contribution in [3.05, 3.63) is 30.3 Å². The lowest BCUT2D eigenvalue weighted by Crippen LogP contribution is -2.30. The van der Waals surface area contributed by atoms with Crippen LogP contribution in [0.1, 0.15) is 51.9 Å². The highest BCUT2D eigenvalue weighted by Crippen LogP contribution is 2.43. The van der Waals surface area contributed by atoms with Crippen LogP contribution >= 0.6 is 0 Å². The summed E-state index contributed by atoms with van der Waals surface area (Å²) in [7, 11) is 1.97. The van der Waals surface area contributed by atoms with Gasteiger partial charge in [-0.3, -0.25) is 4.79 Å². The highest BCUT2D eigenvalue weighted by Gasteiger charge is 2.49. The van der Waals surface area contributed by atoms with Crippen LogP contribution in [0, 0.1) is 24.7 Å². The van der Waals surface area contributed by atoms with Gasteiger partial charge >= 0.3 is 5.78 Å². The van der Waals surface area contributed by atoms with Crippen molar-refractivity contribution in [3.63, 3.8) is 0 Å². The molecule has 4 atom stereocenters. The van der Waals surface area contributed by atoms with Crippen molar-refractivity contribution in [2.24, 2.45) is 17.8 Å². The van der Waals surface area contributed by atoms with Crippen LogP contribution in [-0.4, -0.2) is 42.6 Å². The third-order valence-electron chi connectivity index (χ3n) is 6.26. The van der Waals surface area contributed by atoms with Crippen LogP contribution in [-0.2, 0) is 9.59 Å². The van der Waals surface area contributed by atoms with Gasteiger partial charge in [-0.2, -0.15) is 0 Å². The average Bonchev–Trinajstić information content (AvgIpc) is 3.09. The average molecular weight is 358 g/mol. The molecule has 3 rings (SSSR count). The van der Waals surface area contributed by atoms with Gasteiger partial charge in [0.25, 0.3) is 0 Å². The molecule has 4 nitrogen and oxygen atoms in total. The first-order valence-corrected chi connectivity index (χ1v) is 10.3. The lowest BCUT2D eigenvalue weighted by atomic mass is 9.79. The zero-order chi connectivity index (χ0) is 18.7. The Kier molecular flexibility index (Phi) is 6.23. The second-order valence-electron chi connectivity index (χ2n) is 8.24. The predicted molar refractivity (Wildman–Crippen MR) is 104 cm³/mol. The van der Waals surface area contributed by atoms with Crippen LogP contribution in [0.2, 0.25) is 0 Å². The lowest BCUT2D eigenvalue weighted by Gasteiger charge is -2.23. The molecule has 1 N–H and O–H groups in total. The molecule has 142 valence electrons. The third-order valence-corrected chi connectivity index (χ3v) is 6.26. The van der Waals surface area contributed by atoms with Gasteiger partial charge in [0, 0.05) is 17.8 Å². The maximum Gasteiger partial charge on any atom is 0.311 e. The molecular weight excluding hydrogens is 324 g/mol. The highest BCUT2D eigenvalue weighted by atomic mass is 16.1. The van der Waals surface area contributed by atoms with Crippen molar-refractivity contribution in [1.82, 2.24) is 10.2 Å². The first-order valence-electron chi connectivity index (χ1n) is 10.3. The molecule has 0 aromatic heterocycles. The third kappa shape index (κ3) is 3.75. The number of fused-ring (bicyclic) bond motifs is 2. The molecular formula is C22H33N2O2+. The molecule has 1 fully saturated rings. The van der Waals surface area contributed by atoms with E-state index >= 15 is 0 Å². The van der Waals surface area contributed by atoms with Crippen molar-refractivity contribution >= 4 is 11.6 Å². The van der Waals surface area contributed by atoms with E-state index in [1.807, 2.05) is 7.05 Å². The van der Waals surface area contributed by atoms with Crippen molar-refractivity contribution in [1.29, 1.82) is 0 Å². The fourth-order valence-corrected chi connectivity index (χ4v) is 5.04. The fraction of sp³-hybridized carbons (Fsp3) is 0.682. The van der Waals surface area contributed by atoms with E-state index < -0.39 is 0 Å². The Balaban J connectivity index is 1.96. The van der Waals surface area contributed by atoms with E-state index in [9.17, 15) is 9.59 Å². The summed E-state index contributed by atoms with van der Waals surface area (Å²) in [4.78, 5) is 28.1. The van der Waals surface area contributed by atoms with Gasteiger partial charge < -0.3 is 10.2 Å². The molecule has 0 aromatic carbocycles. The van der Waals surface area contributed by atoms with Gasteiger partial charge in [0.15, 0.2) is 5.78 Å². The van der Waals surface area contributed by atoms with E-state index in [2.05, 4.69) is 36.2 Å². The number of allylic oxidation sites excluding steroid dienone is 3. The number of carbonyl (C=O) groups is 2. The molecule has 4 heteroatoms. The molecule has 3 aliphatic rings. The number of carbonyl (C=O) groups excluding carboxylic acids is 2. The van der Waals surface area contributed by atoms with Crippen molar-refractivity contribution < 1.29 is 9.59 Å². The van der Waals surface area contributed by atoms with E-state index in [0.717, 1.165) is 50.0 Å². The van der Waals surface area contributed by atoms with Crippen LogP contribution in [0.15, 0.2) is 23.4 Å². The van der Waals surface area contributed by atoms with Crippen LogP contribution < -0.4 is 5.32 Å². The number of nitrogens with one attached hydrogen (secondary N) is 1. The fourth-order valence-electron chi connectivity index (χ4n) is 5.04. The quantitative estimate of drug-likeness (QED) is 0.622. The number of hydrogen-bond donors (Lipinski definition) is 1. The summed E-state index contributed by atoms with van der Waals surface area (Å²) in [5.41, 5.74) is 1.94. The Labute approximate surface area is 158 Å². The molecule has 0 amide bonds. The number of hydrogen-bond acceptors (Lipinski definition) is 4. The molecule has 0 bridgehead atoms. The Morgan fingerprint density at radius 1 is 1.31 bits per heavy atom. The maximum absolute atomic E-state index is 13.3. The zero-order valence-electron chi connectivity index (χ0n) is 16.3. The van der Waals surface area contributed by atoms with Gasteiger partial charge in [-0.05, 0) is 57.5 Å². The summed E-state index contributed by atoms with van der Waals surface area (Å²) < 4.78 is 0. The summed E-state index contributed by atoms with van der Waals surface area (Å²) in [5.74, 6) is 0.226. The summed E-state index contributed by atoms with van der Waals surface area (Å²) in [6.45, 7) is 7.66. The Morgan fingerprint density at radius 3 is 2.81 bits per heavy atom. The van der Waals surface area contributed by atoms with E-state index in [0.29, 0.717) is 5.92 Å². The highest BCUT2D eigenvalue weighted by molar-refractivity contribution is 6.08. The van der Waals surface area contributed by atoms with Crippen molar-refractivity contribution in [2.75, 3.05) is 20.1 Å². The summed E-state index contributed by atoms with van der Waals surface area (Å²) in [6, 6.07) is -0.0542. The number of Topliss-reactive ketones (excluding diaryl/α,β-unsaturated/α-hetero) is 2. The van der Waals surface area contributed by atoms with Crippen molar-refractivity contribution in [2.45, 2.75) is 57.9 Å².